The number of ether oxygens (including phenoxy) is 1. The average Bonchev–Trinajstić information content (AvgIpc) is 2.81. The van der Waals surface area contributed by atoms with Gasteiger partial charge in [0.2, 0.25) is 0 Å². The maximum atomic E-state index is 12.5. The van der Waals surface area contributed by atoms with Crippen molar-refractivity contribution < 1.29 is 9.53 Å². The molecule has 1 aliphatic carbocycles. The van der Waals surface area contributed by atoms with Crippen molar-refractivity contribution >= 4 is 37.7 Å². The molecule has 2 aliphatic heterocycles. The van der Waals surface area contributed by atoms with Crippen LogP contribution in [0.15, 0.2) is 47.5 Å². The van der Waals surface area contributed by atoms with E-state index in [4.69, 9.17) is 9.73 Å². The SMILES string of the molecule is CN1CCN(CC(=O)Nc2ccc3c(c2)COC([AsH][C@@H]2CCCc4ccccc42)=N3)CC1. The molecule has 168 valence electrons. The summed E-state index contributed by atoms with van der Waals surface area (Å²) in [5.74, 6) is 0.0399. The van der Waals surface area contributed by atoms with Crippen molar-refractivity contribution in [2.24, 2.45) is 4.99 Å². The number of carbonyl (C=O) groups is 1. The number of benzene rings is 2. The first-order valence-corrected chi connectivity index (χ1v) is 13.8. The summed E-state index contributed by atoms with van der Waals surface area (Å²) in [6.45, 7) is 4.88. The third-order valence-electron chi connectivity index (χ3n) is 6.58. The van der Waals surface area contributed by atoms with E-state index in [0.29, 0.717) is 17.9 Å². The number of fused-ring (bicyclic) bond motifs is 2. The number of likely N-dealkylation sites (N-methyl/N-ethyl adjacent to an activating group) is 1. The Morgan fingerprint density at radius 3 is 2.88 bits per heavy atom. The minimum atomic E-state index is -0.479. The standard InChI is InChI=1S/C25H31AsN4O2/c1-29-11-13-30(14-12-29)16-24(31)27-20-9-10-23-19(15-20)17-32-25(28-23)26-22-8-4-6-18-5-2-3-7-21(18)22/h2-3,5,7,9-10,15,22,26H,4,6,8,11-14,16-17H2,1H3,(H,27,31)/t22-/m1/s1. The zero-order chi connectivity index (χ0) is 21.9. The van der Waals surface area contributed by atoms with Gasteiger partial charge in [0.05, 0.1) is 0 Å². The Balaban J connectivity index is 1.21. The first-order valence-electron chi connectivity index (χ1n) is 11.5. The number of hydrogen-bond donors (Lipinski definition) is 1. The normalized spacial score (nSPS) is 21.5. The van der Waals surface area contributed by atoms with Gasteiger partial charge in [-0.3, -0.25) is 0 Å². The summed E-state index contributed by atoms with van der Waals surface area (Å²) in [6, 6.07) is 14.8. The molecular formula is C25H31AsN4O2. The van der Waals surface area contributed by atoms with Crippen LogP contribution >= 0.6 is 0 Å². The fraction of sp³-hybridized carbons (Fsp3) is 0.440. The van der Waals surface area contributed by atoms with Crippen molar-refractivity contribution in [1.29, 1.82) is 0 Å². The van der Waals surface area contributed by atoms with Gasteiger partial charge in [-0.25, -0.2) is 0 Å². The molecule has 3 aliphatic rings. The van der Waals surface area contributed by atoms with Crippen molar-refractivity contribution in [3.8, 4) is 0 Å². The fourth-order valence-electron chi connectivity index (χ4n) is 4.71. The number of aryl methyl sites for hydroxylation is 1. The molecule has 2 aromatic rings. The molecule has 0 bridgehead atoms. The van der Waals surface area contributed by atoms with Crippen LogP contribution in [0.2, 0.25) is 0 Å². The summed E-state index contributed by atoms with van der Waals surface area (Å²) in [5, 5.41) is 3.05. The molecule has 0 aromatic heterocycles. The van der Waals surface area contributed by atoms with Gasteiger partial charge in [-0.1, -0.05) is 0 Å². The summed E-state index contributed by atoms with van der Waals surface area (Å²) in [5.41, 5.74) is 5.86. The van der Waals surface area contributed by atoms with E-state index in [2.05, 4.69) is 46.4 Å². The van der Waals surface area contributed by atoms with Crippen molar-refractivity contribution in [2.75, 3.05) is 45.1 Å². The van der Waals surface area contributed by atoms with Gasteiger partial charge in [0, 0.05) is 0 Å². The van der Waals surface area contributed by atoms with E-state index >= 15 is 0 Å². The molecule has 1 N–H and O–H groups in total. The third-order valence-corrected chi connectivity index (χ3v) is 9.62. The summed E-state index contributed by atoms with van der Waals surface area (Å²) in [7, 11) is 2.12. The Labute approximate surface area is 196 Å². The number of rotatable bonds is 5. The zero-order valence-electron chi connectivity index (χ0n) is 18.6. The second-order valence-electron chi connectivity index (χ2n) is 8.96. The number of nitrogens with zero attached hydrogens (tertiary/aromatic N) is 3. The van der Waals surface area contributed by atoms with E-state index in [0.717, 1.165) is 47.8 Å². The summed E-state index contributed by atoms with van der Waals surface area (Å²) in [4.78, 5) is 21.8. The van der Waals surface area contributed by atoms with Gasteiger partial charge in [0.25, 0.3) is 0 Å². The van der Waals surface area contributed by atoms with Crippen LogP contribution < -0.4 is 5.32 Å². The minimum absolute atomic E-state index is 0.0399. The van der Waals surface area contributed by atoms with Gasteiger partial charge in [-0.05, 0) is 7.05 Å². The Morgan fingerprint density at radius 2 is 2.00 bits per heavy atom. The van der Waals surface area contributed by atoms with Crippen LogP contribution in [0.4, 0.5) is 11.4 Å². The number of piperazine rings is 1. The summed E-state index contributed by atoms with van der Waals surface area (Å²) < 4.78 is 7.65. The van der Waals surface area contributed by atoms with E-state index in [1.165, 1.54) is 30.4 Å². The molecule has 6 nitrogen and oxygen atoms in total. The number of aliphatic imine (C=N–C) groups is 1. The van der Waals surface area contributed by atoms with Gasteiger partial charge in [-0.15, -0.1) is 0 Å². The van der Waals surface area contributed by atoms with Crippen molar-refractivity contribution in [3.63, 3.8) is 0 Å². The van der Waals surface area contributed by atoms with Crippen LogP contribution in [-0.2, 0) is 22.6 Å². The van der Waals surface area contributed by atoms with Crippen LogP contribution in [-0.4, -0.2) is 75.9 Å². The predicted molar refractivity (Wildman–Crippen MR) is 130 cm³/mol. The van der Waals surface area contributed by atoms with Gasteiger partial charge < -0.3 is 4.90 Å². The molecule has 2 aromatic carbocycles. The predicted octanol–water partition coefficient (Wildman–Crippen LogP) is 2.90. The molecule has 1 unspecified atom stereocenters. The van der Waals surface area contributed by atoms with Gasteiger partial charge in [-0.2, -0.15) is 0 Å². The first kappa shape index (κ1) is 21.7. The Kier molecular flexibility index (Phi) is 6.63. The number of amides is 1. The van der Waals surface area contributed by atoms with Crippen LogP contribution in [0.3, 0.4) is 0 Å². The topological polar surface area (TPSA) is 57.2 Å². The third kappa shape index (κ3) is 5.09. The van der Waals surface area contributed by atoms with E-state index in [1.54, 1.807) is 0 Å². The second-order valence-corrected chi connectivity index (χ2v) is 11.9. The monoisotopic (exact) mass is 494 g/mol. The Hall–Kier alpha value is -2.14. The van der Waals surface area contributed by atoms with Crippen molar-refractivity contribution in [1.82, 2.24) is 9.80 Å². The molecule has 1 saturated heterocycles. The van der Waals surface area contributed by atoms with E-state index < -0.39 is 15.8 Å². The van der Waals surface area contributed by atoms with Crippen LogP contribution in [0.5, 0.6) is 0 Å². The number of carbonyl (C=O) groups excluding carboxylic acids is 1. The maximum absolute atomic E-state index is 12.5. The molecule has 0 radical (unpaired) electrons. The molecule has 0 saturated carbocycles. The van der Waals surface area contributed by atoms with E-state index in [1.807, 2.05) is 18.2 Å². The molecule has 0 spiro atoms. The molecular weight excluding hydrogens is 463 g/mol. The van der Waals surface area contributed by atoms with Crippen molar-refractivity contribution in [3.05, 3.63) is 59.2 Å². The van der Waals surface area contributed by atoms with Crippen molar-refractivity contribution in [2.45, 2.75) is 30.6 Å². The summed E-state index contributed by atoms with van der Waals surface area (Å²) >= 11 is -0.479. The van der Waals surface area contributed by atoms with Gasteiger partial charge in [0.15, 0.2) is 0 Å². The number of anilines is 1. The Bertz CT molecular complexity index is 1020. The van der Waals surface area contributed by atoms with Crippen LogP contribution in [0, 0.1) is 0 Å². The van der Waals surface area contributed by atoms with Crippen LogP contribution in [0.25, 0.3) is 0 Å². The fourth-order valence-corrected chi connectivity index (χ4v) is 7.70. The molecule has 7 heteroatoms. The quantitative estimate of drug-likeness (QED) is 0.650. The zero-order valence-corrected chi connectivity index (χ0v) is 20.7. The molecule has 1 fully saturated rings. The average molecular weight is 494 g/mol. The van der Waals surface area contributed by atoms with E-state index in [-0.39, 0.29) is 5.91 Å². The number of nitrogens with one attached hydrogen (secondary N) is 1. The number of hydrogen-bond acceptors (Lipinski definition) is 5. The van der Waals surface area contributed by atoms with Gasteiger partial charge in [0.1, 0.15) is 0 Å². The van der Waals surface area contributed by atoms with Crippen LogP contribution in [0.1, 0.15) is 34.2 Å². The molecule has 32 heavy (non-hydrogen) atoms. The second kappa shape index (κ2) is 9.78. The molecule has 2 atom stereocenters. The first-order chi connectivity index (χ1) is 15.6. The Morgan fingerprint density at radius 1 is 1.16 bits per heavy atom. The summed E-state index contributed by atoms with van der Waals surface area (Å²) in [6.07, 6.45) is 3.69. The molecule has 5 rings (SSSR count). The molecule has 1 amide bonds. The van der Waals surface area contributed by atoms with Gasteiger partial charge >= 0.3 is 185 Å². The van der Waals surface area contributed by atoms with E-state index in [9.17, 15) is 4.79 Å². The molecule has 2 heterocycles.